The highest BCUT2D eigenvalue weighted by molar-refractivity contribution is 7.89. The molecule has 0 radical (unpaired) electrons. The van der Waals surface area contributed by atoms with Crippen molar-refractivity contribution in [3.63, 3.8) is 0 Å². The first-order valence-electron chi connectivity index (χ1n) is 6.72. The van der Waals surface area contributed by atoms with Gasteiger partial charge in [-0.05, 0) is 31.2 Å². The standard InChI is InChI=1S/C14H18N4O3S/c1-15-22(20,21)13-6-3-11(4-7-13)5-8-14(19)17-12-9-16-18(2)10-12/h3-4,6-7,9-10,15H,5,8H2,1-2H3,(H,17,19). The third kappa shape index (κ3) is 4.15. The Morgan fingerprint density at radius 1 is 1.27 bits per heavy atom. The maximum Gasteiger partial charge on any atom is 0.240 e. The maximum atomic E-state index is 11.8. The number of benzene rings is 1. The highest BCUT2D eigenvalue weighted by Gasteiger charge is 2.11. The number of hydrogen-bond donors (Lipinski definition) is 2. The number of sulfonamides is 1. The second kappa shape index (κ2) is 6.71. The smallest absolute Gasteiger partial charge is 0.240 e. The molecule has 0 bridgehead atoms. The van der Waals surface area contributed by atoms with Crippen molar-refractivity contribution >= 4 is 21.6 Å². The number of anilines is 1. The summed E-state index contributed by atoms with van der Waals surface area (Å²) in [6.07, 6.45) is 4.14. The molecule has 0 unspecified atom stereocenters. The van der Waals surface area contributed by atoms with Gasteiger partial charge in [-0.1, -0.05) is 12.1 Å². The minimum Gasteiger partial charge on any atom is -0.323 e. The number of aryl methyl sites for hydroxylation is 2. The van der Waals surface area contributed by atoms with Crippen molar-refractivity contribution < 1.29 is 13.2 Å². The van der Waals surface area contributed by atoms with Crippen LogP contribution >= 0.6 is 0 Å². The Balaban J connectivity index is 1.90. The molecule has 118 valence electrons. The van der Waals surface area contributed by atoms with Gasteiger partial charge in [0.1, 0.15) is 0 Å². The van der Waals surface area contributed by atoms with Gasteiger partial charge in [0.15, 0.2) is 0 Å². The molecule has 1 amide bonds. The van der Waals surface area contributed by atoms with Crippen molar-refractivity contribution in [3.05, 3.63) is 42.2 Å². The number of hydrogen-bond acceptors (Lipinski definition) is 4. The van der Waals surface area contributed by atoms with Crippen molar-refractivity contribution in [2.45, 2.75) is 17.7 Å². The lowest BCUT2D eigenvalue weighted by atomic mass is 10.1. The first-order valence-corrected chi connectivity index (χ1v) is 8.20. The number of aromatic nitrogens is 2. The topological polar surface area (TPSA) is 93.1 Å². The van der Waals surface area contributed by atoms with Crippen LogP contribution in [0.4, 0.5) is 5.69 Å². The van der Waals surface area contributed by atoms with E-state index in [1.54, 1.807) is 36.3 Å². The lowest BCUT2D eigenvalue weighted by Gasteiger charge is -2.05. The van der Waals surface area contributed by atoms with Crippen LogP contribution in [0.3, 0.4) is 0 Å². The fourth-order valence-electron chi connectivity index (χ4n) is 1.92. The molecule has 22 heavy (non-hydrogen) atoms. The minimum absolute atomic E-state index is 0.111. The van der Waals surface area contributed by atoms with Crippen LogP contribution in [0.25, 0.3) is 0 Å². The van der Waals surface area contributed by atoms with Gasteiger partial charge in [0.05, 0.1) is 16.8 Å². The highest BCUT2D eigenvalue weighted by Crippen LogP contribution is 2.12. The van der Waals surface area contributed by atoms with Crippen molar-refractivity contribution in [3.8, 4) is 0 Å². The molecule has 0 fully saturated rings. The quantitative estimate of drug-likeness (QED) is 0.826. The Labute approximate surface area is 129 Å². The SMILES string of the molecule is CNS(=O)(=O)c1ccc(CCC(=O)Nc2cnn(C)c2)cc1. The largest absolute Gasteiger partial charge is 0.323 e. The molecule has 0 atom stereocenters. The van der Waals surface area contributed by atoms with E-state index in [2.05, 4.69) is 15.1 Å². The first kappa shape index (κ1) is 16.2. The molecule has 0 aliphatic rings. The molecule has 1 aromatic heterocycles. The molecule has 8 heteroatoms. The molecule has 1 heterocycles. The van der Waals surface area contributed by atoms with Crippen LogP contribution in [0.5, 0.6) is 0 Å². The van der Waals surface area contributed by atoms with Gasteiger partial charge >= 0.3 is 0 Å². The van der Waals surface area contributed by atoms with Crippen LogP contribution < -0.4 is 10.0 Å². The van der Waals surface area contributed by atoms with Gasteiger partial charge < -0.3 is 5.32 Å². The molecule has 0 saturated heterocycles. The Bertz CT molecular complexity index is 751. The van der Waals surface area contributed by atoms with E-state index in [0.29, 0.717) is 18.5 Å². The summed E-state index contributed by atoms with van der Waals surface area (Å²) in [5, 5.41) is 6.72. The van der Waals surface area contributed by atoms with Crippen LogP contribution in [-0.2, 0) is 28.3 Å². The summed E-state index contributed by atoms with van der Waals surface area (Å²) in [5.41, 5.74) is 1.55. The molecule has 0 spiro atoms. The summed E-state index contributed by atoms with van der Waals surface area (Å²) < 4.78 is 27.1. The van der Waals surface area contributed by atoms with Crippen molar-refractivity contribution in [1.82, 2.24) is 14.5 Å². The number of nitrogens with zero attached hydrogens (tertiary/aromatic N) is 2. The van der Waals surface area contributed by atoms with Crippen molar-refractivity contribution in [2.75, 3.05) is 12.4 Å². The van der Waals surface area contributed by atoms with Gasteiger partial charge in [-0.3, -0.25) is 9.48 Å². The zero-order valence-corrected chi connectivity index (χ0v) is 13.2. The Hall–Kier alpha value is -2.19. The summed E-state index contributed by atoms with van der Waals surface area (Å²) in [5.74, 6) is -0.111. The van der Waals surface area contributed by atoms with E-state index in [0.717, 1.165) is 5.56 Å². The third-order valence-electron chi connectivity index (χ3n) is 3.13. The Kier molecular flexibility index (Phi) is 4.94. The van der Waals surface area contributed by atoms with E-state index < -0.39 is 10.0 Å². The molecular weight excluding hydrogens is 304 g/mol. The highest BCUT2D eigenvalue weighted by atomic mass is 32.2. The molecule has 0 aliphatic carbocycles. The van der Waals surface area contributed by atoms with E-state index >= 15 is 0 Å². The molecule has 0 aliphatic heterocycles. The summed E-state index contributed by atoms with van der Waals surface area (Å²) in [7, 11) is -0.282. The molecule has 0 saturated carbocycles. The Morgan fingerprint density at radius 2 is 1.95 bits per heavy atom. The lowest BCUT2D eigenvalue weighted by Crippen LogP contribution is -2.18. The summed E-state index contributed by atoms with van der Waals surface area (Å²) in [6, 6.07) is 6.48. The zero-order chi connectivity index (χ0) is 16.2. The predicted molar refractivity (Wildman–Crippen MR) is 82.8 cm³/mol. The molecule has 2 aromatic rings. The lowest BCUT2D eigenvalue weighted by molar-refractivity contribution is -0.116. The fourth-order valence-corrected chi connectivity index (χ4v) is 2.65. The molecular formula is C14H18N4O3S. The van der Waals surface area contributed by atoms with Gasteiger partial charge in [-0.15, -0.1) is 0 Å². The predicted octanol–water partition coefficient (Wildman–Crippen LogP) is 0.899. The molecule has 7 nitrogen and oxygen atoms in total. The number of carbonyl (C=O) groups is 1. The van der Waals surface area contributed by atoms with Gasteiger partial charge in [-0.2, -0.15) is 5.10 Å². The molecule has 2 rings (SSSR count). The van der Waals surface area contributed by atoms with Gasteiger partial charge in [-0.25, -0.2) is 13.1 Å². The van der Waals surface area contributed by atoms with Crippen LogP contribution in [0.15, 0.2) is 41.6 Å². The number of rotatable bonds is 6. The van der Waals surface area contributed by atoms with E-state index in [1.807, 2.05) is 0 Å². The summed E-state index contributed by atoms with van der Waals surface area (Å²) in [6.45, 7) is 0. The van der Waals surface area contributed by atoms with Crippen LogP contribution in [0.1, 0.15) is 12.0 Å². The second-order valence-electron chi connectivity index (χ2n) is 4.80. The average molecular weight is 322 g/mol. The molecule has 2 N–H and O–H groups in total. The third-order valence-corrected chi connectivity index (χ3v) is 4.56. The second-order valence-corrected chi connectivity index (χ2v) is 6.69. The fraction of sp³-hybridized carbons (Fsp3) is 0.286. The number of carbonyl (C=O) groups excluding carboxylic acids is 1. The Morgan fingerprint density at radius 3 is 2.50 bits per heavy atom. The average Bonchev–Trinajstić information content (AvgIpc) is 2.90. The van der Waals surface area contributed by atoms with E-state index in [9.17, 15) is 13.2 Å². The van der Waals surface area contributed by atoms with Crippen LogP contribution in [0.2, 0.25) is 0 Å². The monoisotopic (exact) mass is 322 g/mol. The normalized spacial score (nSPS) is 11.4. The van der Waals surface area contributed by atoms with Crippen molar-refractivity contribution in [1.29, 1.82) is 0 Å². The summed E-state index contributed by atoms with van der Waals surface area (Å²) in [4.78, 5) is 12.0. The maximum absolute atomic E-state index is 11.8. The van der Waals surface area contributed by atoms with E-state index in [-0.39, 0.29) is 10.8 Å². The number of amides is 1. The van der Waals surface area contributed by atoms with Gasteiger partial charge in [0, 0.05) is 19.7 Å². The summed E-state index contributed by atoms with van der Waals surface area (Å²) >= 11 is 0. The molecule has 1 aromatic carbocycles. The first-order chi connectivity index (χ1) is 10.4. The van der Waals surface area contributed by atoms with Gasteiger partial charge in [0.25, 0.3) is 0 Å². The number of nitrogens with one attached hydrogen (secondary N) is 2. The minimum atomic E-state index is -3.42. The van der Waals surface area contributed by atoms with E-state index in [4.69, 9.17) is 0 Å². The van der Waals surface area contributed by atoms with Crippen LogP contribution in [0, 0.1) is 0 Å². The van der Waals surface area contributed by atoms with Crippen LogP contribution in [-0.4, -0.2) is 31.2 Å². The van der Waals surface area contributed by atoms with Gasteiger partial charge in [0.2, 0.25) is 15.9 Å². The van der Waals surface area contributed by atoms with E-state index in [1.165, 1.54) is 19.2 Å². The zero-order valence-electron chi connectivity index (χ0n) is 12.4. The van der Waals surface area contributed by atoms with Crippen molar-refractivity contribution in [2.24, 2.45) is 7.05 Å².